The summed E-state index contributed by atoms with van der Waals surface area (Å²) in [7, 11) is 0. The molecule has 0 aliphatic carbocycles. The molecule has 2 heterocycles. The SMILES string of the molecule is Cc1ccc(C(=O)Oc2ccc(/C=C3/C(=N)N4C=CSC4=NC3=O)cc2)cc1. The van der Waals surface area contributed by atoms with Gasteiger partial charge < -0.3 is 4.74 Å². The Bertz CT molecular complexity index is 1070. The standard InChI is InChI=1S/C21H15N3O3S/c1-13-2-6-15(7-3-13)20(26)27-16-8-4-14(5-9-16)12-17-18(22)24-10-11-28-21(24)23-19(17)25/h2-12,22H,1H3/b17-12-,22-18?. The van der Waals surface area contributed by atoms with Crippen LogP contribution in [-0.4, -0.2) is 27.8 Å². The smallest absolute Gasteiger partial charge is 0.343 e. The van der Waals surface area contributed by atoms with Crippen LogP contribution in [0.15, 0.2) is 70.7 Å². The van der Waals surface area contributed by atoms with E-state index in [0.29, 0.717) is 22.0 Å². The molecule has 138 valence electrons. The van der Waals surface area contributed by atoms with Gasteiger partial charge in [0.05, 0.1) is 11.1 Å². The van der Waals surface area contributed by atoms with Crippen molar-refractivity contribution in [2.45, 2.75) is 6.92 Å². The van der Waals surface area contributed by atoms with E-state index >= 15 is 0 Å². The van der Waals surface area contributed by atoms with E-state index in [0.717, 1.165) is 5.56 Å². The van der Waals surface area contributed by atoms with Crippen LogP contribution in [-0.2, 0) is 4.79 Å². The van der Waals surface area contributed by atoms with Gasteiger partial charge in [-0.3, -0.25) is 15.1 Å². The number of aryl methyl sites for hydroxylation is 1. The molecule has 0 fully saturated rings. The van der Waals surface area contributed by atoms with E-state index < -0.39 is 11.9 Å². The molecule has 0 spiro atoms. The van der Waals surface area contributed by atoms with E-state index in [1.54, 1.807) is 59.0 Å². The largest absolute Gasteiger partial charge is 0.423 e. The van der Waals surface area contributed by atoms with Crippen LogP contribution in [0.25, 0.3) is 6.08 Å². The monoisotopic (exact) mass is 389 g/mol. The second-order valence-electron chi connectivity index (χ2n) is 6.20. The molecule has 2 aromatic rings. The highest BCUT2D eigenvalue weighted by Gasteiger charge is 2.30. The second-order valence-corrected chi connectivity index (χ2v) is 7.08. The van der Waals surface area contributed by atoms with Gasteiger partial charge in [-0.2, -0.15) is 4.99 Å². The fraction of sp³-hybridized carbons (Fsp3) is 0.0476. The highest BCUT2D eigenvalue weighted by Crippen LogP contribution is 2.27. The topological polar surface area (TPSA) is 82.8 Å². The summed E-state index contributed by atoms with van der Waals surface area (Å²) >= 11 is 1.31. The van der Waals surface area contributed by atoms with Crippen molar-refractivity contribution in [3.05, 3.63) is 82.4 Å². The number of fused-ring (bicyclic) bond motifs is 1. The molecule has 2 aliphatic heterocycles. The Kier molecular flexibility index (Phi) is 4.67. The van der Waals surface area contributed by atoms with Crippen LogP contribution in [0.1, 0.15) is 21.5 Å². The average Bonchev–Trinajstić information content (AvgIpc) is 3.15. The first kappa shape index (κ1) is 17.9. The molecule has 2 aliphatic rings. The van der Waals surface area contributed by atoms with Gasteiger partial charge in [-0.25, -0.2) is 4.79 Å². The average molecular weight is 389 g/mol. The number of thioether (sulfide) groups is 1. The summed E-state index contributed by atoms with van der Waals surface area (Å²) in [6.45, 7) is 1.95. The number of nitrogens with one attached hydrogen (secondary N) is 1. The van der Waals surface area contributed by atoms with Gasteiger partial charge in [-0.1, -0.05) is 41.6 Å². The molecule has 28 heavy (non-hydrogen) atoms. The molecule has 0 radical (unpaired) electrons. The number of hydrogen-bond donors (Lipinski definition) is 1. The lowest BCUT2D eigenvalue weighted by molar-refractivity contribution is -0.114. The van der Waals surface area contributed by atoms with Crippen molar-refractivity contribution in [3.63, 3.8) is 0 Å². The maximum Gasteiger partial charge on any atom is 0.343 e. The van der Waals surface area contributed by atoms with Crippen molar-refractivity contribution in [3.8, 4) is 5.75 Å². The third kappa shape index (κ3) is 3.52. The quantitative estimate of drug-likeness (QED) is 0.488. The van der Waals surface area contributed by atoms with Crippen LogP contribution in [0.4, 0.5) is 0 Å². The van der Waals surface area contributed by atoms with Crippen LogP contribution < -0.4 is 4.74 Å². The molecule has 0 unspecified atom stereocenters. The summed E-state index contributed by atoms with van der Waals surface area (Å²) in [6, 6.07) is 13.9. The lowest BCUT2D eigenvalue weighted by atomic mass is 10.1. The first-order chi connectivity index (χ1) is 13.5. The fourth-order valence-corrected chi connectivity index (χ4v) is 3.39. The number of carbonyl (C=O) groups is 2. The molecular formula is C21H15N3O3S. The highest BCUT2D eigenvalue weighted by molar-refractivity contribution is 8.16. The molecule has 0 saturated heterocycles. The molecule has 0 saturated carbocycles. The van der Waals surface area contributed by atoms with E-state index in [-0.39, 0.29) is 11.4 Å². The lowest BCUT2D eigenvalue weighted by Gasteiger charge is -2.22. The van der Waals surface area contributed by atoms with Gasteiger partial charge >= 0.3 is 5.97 Å². The van der Waals surface area contributed by atoms with Crippen LogP contribution in [0, 0.1) is 12.3 Å². The number of rotatable bonds is 3. The van der Waals surface area contributed by atoms with Gasteiger partial charge in [0.15, 0.2) is 5.17 Å². The van der Waals surface area contributed by atoms with Crippen molar-refractivity contribution in [1.82, 2.24) is 4.90 Å². The summed E-state index contributed by atoms with van der Waals surface area (Å²) in [5.41, 5.74) is 2.46. The first-order valence-corrected chi connectivity index (χ1v) is 9.34. The van der Waals surface area contributed by atoms with Gasteiger partial charge in [0.25, 0.3) is 5.91 Å². The summed E-state index contributed by atoms with van der Waals surface area (Å²) in [6.07, 6.45) is 3.31. The molecule has 2 aromatic carbocycles. The van der Waals surface area contributed by atoms with Gasteiger partial charge in [0.2, 0.25) is 0 Å². The number of aliphatic imine (C=N–C) groups is 1. The van der Waals surface area contributed by atoms with Crippen molar-refractivity contribution in [2.24, 2.45) is 4.99 Å². The summed E-state index contributed by atoms with van der Waals surface area (Å²) < 4.78 is 5.37. The second kappa shape index (κ2) is 7.28. The molecular weight excluding hydrogens is 374 g/mol. The van der Waals surface area contributed by atoms with Gasteiger partial charge in [-0.15, -0.1) is 0 Å². The van der Waals surface area contributed by atoms with E-state index in [9.17, 15) is 9.59 Å². The highest BCUT2D eigenvalue weighted by atomic mass is 32.2. The first-order valence-electron chi connectivity index (χ1n) is 8.46. The fourth-order valence-electron chi connectivity index (χ4n) is 2.69. The Morgan fingerprint density at radius 1 is 1.14 bits per heavy atom. The third-order valence-electron chi connectivity index (χ3n) is 4.20. The lowest BCUT2D eigenvalue weighted by Crippen LogP contribution is -2.35. The molecule has 6 nitrogen and oxygen atoms in total. The number of nitrogens with zero attached hydrogens (tertiary/aromatic N) is 2. The Hall–Kier alpha value is -3.45. The number of esters is 1. The Morgan fingerprint density at radius 3 is 2.57 bits per heavy atom. The third-order valence-corrected chi connectivity index (χ3v) is 4.96. The van der Waals surface area contributed by atoms with Crippen molar-refractivity contribution in [1.29, 1.82) is 5.41 Å². The van der Waals surface area contributed by atoms with E-state index in [2.05, 4.69) is 4.99 Å². The maximum atomic E-state index is 12.2. The number of amidine groups is 2. The Balaban J connectivity index is 1.50. The minimum absolute atomic E-state index is 0.0890. The van der Waals surface area contributed by atoms with Crippen molar-refractivity contribution >= 4 is 40.7 Å². The zero-order chi connectivity index (χ0) is 19.7. The predicted octanol–water partition coefficient (Wildman–Crippen LogP) is 3.99. The van der Waals surface area contributed by atoms with Crippen LogP contribution in [0.2, 0.25) is 0 Å². The number of carbonyl (C=O) groups excluding carboxylic acids is 2. The van der Waals surface area contributed by atoms with Crippen molar-refractivity contribution < 1.29 is 14.3 Å². The summed E-state index contributed by atoms with van der Waals surface area (Å²) in [5, 5.41) is 10.5. The van der Waals surface area contributed by atoms with Crippen LogP contribution >= 0.6 is 11.8 Å². The van der Waals surface area contributed by atoms with E-state index in [4.69, 9.17) is 10.1 Å². The molecule has 7 heteroatoms. The van der Waals surface area contributed by atoms with Gasteiger partial charge in [0.1, 0.15) is 11.6 Å². The number of ether oxygens (including phenoxy) is 1. The normalized spacial score (nSPS) is 17.0. The molecule has 0 bridgehead atoms. The van der Waals surface area contributed by atoms with Gasteiger partial charge in [0, 0.05) is 6.20 Å². The minimum Gasteiger partial charge on any atom is -0.423 e. The van der Waals surface area contributed by atoms with E-state index in [1.807, 2.05) is 19.1 Å². The summed E-state index contributed by atoms with van der Waals surface area (Å²) in [5.74, 6) is -0.388. The van der Waals surface area contributed by atoms with E-state index in [1.165, 1.54) is 11.8 Å². The molecule has 1 amide bonds. The van der Waals surface area contributed by atoms with Crippen molar-refractivity contribution in [2.75, 3.05) is 0 Å². The van der Waals surface area contributed by atoms with Crippen LogP contribution in [0.5, 0.6) is 5.75 Å². The molecule has 0 aromatic heterocycles. The molecule has 1 N–H and O–H groups in total. The zero-order valence-corrected chi connectivity index (χ0v) is 15.7. The Labute approximate surface area is 165 Å². The number of amides is 1. The summed E-state index contributed by atoms with van der Waals surface area (Å²) in [4.78, 5) is 30.0. The number of hydrogen-bond acceptors (Lipinski definition) is 5. The van der Waals surface area contributed by atoms with Gasteiger partial charge in [-0.05, 0) is 48.2 Å². The molecule has 4 rings (SSSR count). The van der Waals surface area contributed by atoms with Crippen LogP contribution in [0.3, 0.4) is 0 Å². The number of benzene rings is 2. The predicted molar refractivity (Wildman–Crippen MR) is 109 cm³/mol. The Morgan fingerprint density at radius 2 is 1.86 bits per heavy atom. The minimum atomic E-state index is -0.442. The molecule has 0 atom stereocenters. The zero-order valence-electron chi connectivity index (χ0n) is 14.9. The maximum absolute atomic E-state index is 12.2.